The molecule has 0 unspecified atom stereocenters. The van der Waals surface area contributed by atoms with Crippen LogP contribution in [0.15, 0.2) is 22.8 Å². The van der Waals surface area contributed by atoms with Crippen LogP contribution in [0.3, 0.4) is 0 Å². The van der Waals surface area contributed by atoms with Crippen LogP contribution >= 0.6 is 11.3 Å². The lowest BCUT2D eigenvalue weighted by atomic mass is 10.4. The molecule has 0 spiro atoms. The van der Waals surface area contributed by atoms with Crippen molar-refractivity contribution in [2.45, 2.75) is 6.92 Å². The molecule has 0 amide bonds. The Balaban J connectivity index is 2.36. The van der Waals surface area contributed by atoms with Crippen molar-refractivity contribution in [2.24, 2.45) is 5.10 Å². The first-order chi connectivity index (χ1) is 5.36. The number of hydrogen-bond acceptors (Lipinski definition) is 3. The van der Waals surface area contributed by atoms with Crippen LogP contribution in [0, 0.1) is 6.92 Å². The van der Waals surface area contributed by atoms with Gasteiger partial charge in [0, 0.05) is 11.1 Å². The normalized spacial score (nSPS) is 14.8. The molecule has 3 nitrogen and oxygen atoms in total. The average Bonchev–Trinajstić information content (AvgIpc) is 2.55. The zero-order chi connectivity index (χ0) is 7.68. The van der Waals surface area contributed by atoms with E-state index in [1.807, 2.05) is 18.4 Å². The number of allylic oxidation sites excluding steroid dienone is 1. The Kier molecular flexibility index (Phi) is 1.47. The summed E-state index contributed by atoms with van der Waals surface area (Å²) in [5.41, 5.74) is 5.62. The third-order valence-corrected chi connectivity index (χ3v) is 2.29. The van der Waals surface area contributed by atoms with Crippen LogP contribution in [0.2, 0.25) is 0 Å². The van der Waals surface area contributed by atoms with E-state index < -0.39 is 0 Å². The second-order valence-corrected chi connectivity index (χ2v) is 3.07. The Hall–Kier alpha value is -1.16. The van der Waals surface area contributed by atoms with Crippen molar-refractivity contribution in [3.05, 3.63) is 28.4 Å². The van der Waals surface area contributed by atoms with Gasteiger partial charge in [0.1, 0.15) is 10.7 Å². The van der Waals surface area contributed by atoms with Crippen LogP contribution in [-0.4, -0.2) is 10.7 Å². The molecule has 11 heavy (non-hydrogen) atoms. The van der Waals surface area contributed by atoms with Gasteiger partial charge in [-0.2, -0.15) is 5.43 Å². The number of rotatable bonds is 1. The van der Waals surface area contributed by atoms with Gasteiger partial charge in [-0.3, -0.25) is 0 Å². The van der Waals surface area contributed by atoms with Gasteiger partial charge in [-0.25, -0.2) is 4.98 Å². The zero-order valence-corrected chi connectivity index (χ0v) is 6.80. The second-order valence-electron chi connectivity index (χ2n) is 2.21. The highest BCUT2D eigenvalue weighted by atomic mass is 32.1. The summed E-state index contributed by atoms with van der Waals surface area (Å²) < 4.78 is 0. The number of nitrogens with zero attached hydrogens (tertiary/aromatic N) is 3. The molecule has 0 aliphatic carbocycles. The first kappa shape index (κ1) is 6.54. The van der Waals surface area contributed by atoms with Gasteiger partial charge in [-0.05, 0) is 13.0 Å². The molecule has 2 rings (SSSR count). The quantitative estimate of drug-likeness (QED) is 0.616. The van der Waals surface area contributed by atoms with Crippen molar-refractivity contribution in [1.29, 1.82) is 0 Å². The van der Waals surface area contributed by atoms with Gasteiger partial charge >= 0.3 is 0 Å². The maximum absolute atomic E-state index is 4.27. The summed E-state index contributed by atoms with van der Waals surface area (Å²) in [7, 11) is 0. The summed E-state index contributed by atoms with van der Waals surface area (Å²) in [6.45, 7) is 1.97. The molecule has 55 valence electrons. The van der Waals surface area contributed by atoms with Crippen LogP contribution in [0.1, 0.15) is 10.7 Å². The molecule has 4 heteroatoms. The predicted molar refractivity (Wildman–Crippen MR) is 44.7 cm³/mol. The fourth-order valence-corrected chi connectivity index (χ4v) is 1.58. The lowest BCUT2D eigenvalue weighted by molar-refractivity contribution is 0.971. The molecule has 1 radical (unpaired) electrons. The number of thiazole rings is 1. The molecule has 1 aromatic heterocycles. The zero-order valence-electron chi connectivity index (χ0n) is 5.98. The molecule has 1 aromatic rings. The van der Waals surface area contributed by atoms with Gasteiger partial charge in [0.25, 0.3) is 0 Å². The van der Waals surface area contributed by atoms with E-state index in [1.165, 1.54) is 0 Å². The van der Waals surface area contributed by atoms with Crippen LogP contribution in [0.4, 0.5) is 0 Å². The lowest BCUT2D eigenvalue weighted by Gasteiger charge is -1.85. The van der Waals surface area contributed by atoms with Gasteiger partial charge in [0.2, 0.25) is 0 Å². The Morgan fingerprint density at radius 3 is 2.91 bits per heavy atom. The number of aromatic nitrogens is 1. The maximum Gasteiger partial charge on any atom is 0.144 e. The largest absolute Gasteiger partial charge is 0.240 e. The molecule has 0 fully saturated rings. The molecule has 1 aliphatic rings. The summed E-state index contributed by atoms with van der Waals surface area (Å²) in [5.74, 6) is 0. The minimum absolute atomic E-state index is 0.864. The van der Waals surface area contributed by atoms with Crippen molar-refractivity contribution in [3.63, 3.8) is 0 Å². The van der Waals surface area contributed by atoms with Crippen molar-refractivity contribution in [2.75, 3.05) is 0 Å². The van der Waals surface area contributed by atoms with E-state index in [4.69, 9.17) is 0 Å². The predicted octanol–water partition coefficient (Wildman–Crippen LogP) is 1.29. The molecule has 1 aliphatic heterocycles. The van der Waals surface area contributed by atoms with E-state index in [9.17, 15) is 0 Å². The first-order valence-electron chi connectivity index (χ1n) is 3.23. The molecule has 0 saturated heterocycles. The van der Waals surface area contributed by atoms with E-state index in [0.717, 1.165) is 16.4 Å². The Morgan fingerprint density at radius 1 is 1.45 bits per heavy atom. The van der Waals surface area contributed by atoms with Crippen molar-refractivity contribution >= 4 is 17.0 Å². The fourth-order valence-electron chi connectivity index (χ4n) is 0.818. The first-order valence-corrected chi connectivity index (χ1v) is 4.11. The van der Waals surface area contributed by atoms with Gasteiger partial charge in [0.15, 0.2) is 0 Å². The molecule has 2 heterocycles. The van der Waals surface area contributed by atoms with Crippen LogP contribution in [0.25, 0.3) is 0 Å². The van der Waals surface area contributed by atoms with E-state index in [1.54, 1.807) is 17.5 Å². The molecule has 0 saturated carbocycles. The SMILES string of the molecule is Cc1csc(C2=N[N]C=C2)n1. The lowest BCUT2D eigenvalue weighted by Crippen LogP contribution is -1.92. The average molecular weight is 164 g/mol. The van der Waals surface area contributed by atoms with Gasteiger partial charge in [-0.1, -0.05) is 0 Å². The second kappa shape index (κ2) is 2.47. The van der Waals surface area contributed by atoms with Crippen molar-refractivity contribution < 1.29 is 0 Å². The van der Waals surface area contributed by atoms with Gasteiger partial charge in [0.05, 0.1) is 6.20 Å². The summed E-state index contributed by atoms with van der Waals surface area (Å²) in [6.07, 6.45) is 3.53. The van der Waals surface area contributed by atoms with Crippen LogP contribution in [-0.2, 0) is 0 Å². The van der Waals surface area contributed by atoms with Gasteiger partial charge < -0.3 is 0 Å². The van der Waals surface area contributed by atoms with Crippen molar-refractivity contribution in [3.8, 4) is 0 Å². The third kappa shape index (κ3) is 1.17. The highest BCUT2D eigenvalue weighted by Crippen LogP contribution is 2.12. The highest BCUT2D eigenvalue weighted by molar-refractivity contribution is 7.12. The molecule has 0 N–H and O–H groups in total. The third-order valence-electron chi connectivity index (χ3n) is 1.30. The Labute approximate surface area is 68.5 Å². The van der Waals surface area contributed by atoms with E-state index in [2.05, 4.69) is 15.5 Å². The topological polar surface area (TPSA) is 39.4 Å². The number of aryl methyl sites for hydroxylation is 1. The minimum Gasteiger partial charge on any atom is -0.240 e. The van der Waals surface area contributed by atoms with Crippen LogP contribution < -0.4 is 5.43 Å². The van der Waals surface area contributed by atoms with Gasteiger partial charge in [-0.15, -0.1) is 16.4 Å². The van der Waals surface area contributed by atoms with E-state index >= 15 is 0 Å². The summed E-state index contributed by atoms with van der Waals surface area (Å²) >= 11 is 1.59. The minimum atomic E-state index is 0.864. The Bertz CT molecular complexity index is 324. The molecular formula is C7H6N3S. The standard InChI is InChI=1S/C7H6N3S/c1-5-4-11-7(9-5)6-2-3-8-10-6/h2-4H,1H3. The van der Waals surface area contributed by atoms with Crippen molar-refractivity contribution in [1.82, 2.24) is 10.4 Å². The fraction of sp³-hybridized carbons (Fsp3) is 0.143. The number of hydrogen-bond donors (Lipinski definition) is 0. The molecular weight excluding hydrogens is 158 g/mol. The highest BCUT2D eigenvalue weighted by Gasteiger charge is 2.07. The summed E-state index contributed by atoms with van der Waals surface area (Å²) in [5, 5.41) is 6.85. The maximum atomic E-state index is 4.27. The smallest absolute Gasteiger partial charge is 0.144 e. The molecule has 0 aromatic carbocycles. The monoisotopic (exact) mass is 164 g/mol. The van der Waals surface area contributed by atoms with E-state index in [0.29, 0.717) is 0 Å². The van der Waals surface area contributed by atoms with Crippen LogP contribution in [0.5, 0.6) is 0 Å². The Morgan fingerprint density at radius 2 is 2.36 bits per heavy atom. The molecule has 0 bridgehead atoms. The summed E-state index contributed by atoms with van der Waals surface area (Å²) in [6, 6.07) is 0. The summed E-state index contributed by atoms with van der Waals surface area (Å²) in [4.78, 5) is 4.27. The van der Waals surface area contributed by atoms with E-state index in [-0.39, 0.29) is 0 Å². The molecule has 0 atom stereocenters.